The van der Waals surface area contributed by atoms with Crippen molar-refractivity contribution in [2.75, 3.05) is 0 Å². The SMILES string of the molecule is CC(C)(C)c1ccc(C(C(=O)[O-])C(=O)[O-])cc1.[Na+].[Na+]. The molecule has 1 aromatic rings. The van der Waals surface area contributed by atoms with E-state index in [0.29, 0.717) is 0 Å². The first-order valence-corrected chi connectivity index (χ1v) is 5.25. The van der Waals surface area contributed by atoms with Crippen molar-refractivity contribution in [3.63, 3.8) is 0 Å². The van der Waals surface area contributed by atoms with Crippen molar-refractivity contribution in [1.29, 1.82) is 0 Å². The number of carbonyl (C=O) groups excluding carboxylic acids is 2. The van der Waals surface area contributed by atoms with E-state index >= 15 is 0 Å². The van der Waals surface area contributed by atoms with Crippen LogP contribution in [0.15, 0.2) is 24.3 Å². The van der Waals surface area contributed by atoms with Crippen LogP contribution in [0.3, 0.4) is 0 Å². The van der Waals surface area contributed by atoms with Crippen LogP contribution >= 0.6 is 0 Å². The zero-order chi connectivity index (χ0) is 13.2. The van der Waals surface area contributed by atoms with E-state index < -0.39 is 17.9 Å². The summed E-state index contributed by atoms with van der Waals surface area (Å²) in [6, 6.07) is 6.40. The fourth-order valence-electron chi connectivity index (χ4n) is 1.54. The second-order valence-electron chi connectivity index (χ2n) is 4.94. The van der Waals surface area contributed by atoms with Crippen LogP contribution in [0.4, 0.5) is 0 Å². The minimum absolute atomic E-state index is 0. The Labute approximate surface area is 157 Å². The first kappa shape index (κ1) is 21.5. The van der Waals surface area contributed by atoms with Crippen molar-refractivity contribution in [3.05, 3.63) is 35.4 Å². The van der Waals surface area contributed by atoms with Gasteiger partial charge >= 0.3 is 59.1 Å². The third-order valence-corrected chi connectivity index (χ3v) is 2.58. The fraction of sp³-hybridized carbons (Fsp3) is 0.385. The van der Waals surface area contributed by atoms with Crippen molar-refractivity contribution in [2.24, 2.45) is 0 Å². The molecule has 4 nitrogen and oxygen atoms in total. The van der Waals surface area contributed by atoms with E-state index in [1.807, 2.05) is 20.8 Å². The van der Waals surface area contributed by atoms with Gasteiger partial charge in [0, 0.05) is 0 Å². The third kappa shape index (κ3) is 5.98. The standard InChI is InChI=1S/C13H16O4.2Na/c1-13(2,3)9-6-4-8(5-7-9)10(11(14)15)12(16)17;;/h4-7,10H,1-3H3,(H,14,15)(H,16,17);;/q;2*+1/p-2. The van der Waals surface area contributed by atoms with E-state index in [-0.39, 0.29) is 70.1 Å². The Kier molecular flexibility index (Phi) is 9.54. The summed E-state index contributed by atoms with van der Waals surface area (Å²) in [7, 11) is 0. The van der Waals surface area contributed by atoms with E-state index in [2.05, 4.69) is 0 Å². The maximum Gasteiger partial charge on any atom is 1.00 e. The van der Waals surface area contributed by atoms with Gasteiger partial charge in [-0.1, -0.05) is 45.0 Å². The second-order valence-corrected chi connectivity index (χ2v) is 4.94. The summed E-state index contributed by atoms with van der Waals surface area (Å²) in [5.41, 5.74) is 1.09. The van der Waals surface area contributed by atoms with Crippen LogP contribution in [0.2, 0.25) is 0 Å². The first-order valence-electron chi connectivity index (χ1n) is 5.25. The summed E-state index contributed by atoms with van der Waals surface area (Å²) in [6.45, 7) is 6.03. The smallest absolute Gasteiger partial charge is 0.549 e. The number of hydrogen-bond donors (Lipinski definition) is 0. The van der Waals surface area contributed by atoms with E-state index in [1.54, 1.807) is 12.1 Å². The molecular formula is C13H14Na2O4. The minimum Gasteiger partial charge on any atom is -0.549 e. The van der Waals surface area contributed by atoms with Crippen LogP contribution in [0.1, 0.15) is 37.8 Å². The number of benzene rings is 1. The zero-order valence-corrected chi connectivity index (χ0v) is 16.0. The van der Waals surface area contributed by atoms with Gasteiger partial charge in [-0.05, 0) is 16.5 Å². The summed E-state index contributed by atoms with van der Waals surface area (Å²) >= 11 is 0. The number of rotatable bonds is 3. The van der Waals surface area contributed by atoms with E-state index in [4.69, 9.17) is 0 Å². The Bertz CT molecular complexity index is 421. The number of hydrogen-bond acceptors (Lipinski definition) is 4. The summed E-state index contributed by atoms with van der Waals surface area (Å²) in [6.07, 6.45) is 0. The molecule has 0 aliphatic rings. The van der Waals surface area contributed by atoms with Crippen LogP contribution < -0.4 is 69.3 Å². The number of carboxylic acids is 2. The van der Waals surface area contributed by atoms with Gasteiger partial charge in [0.1, 0.15) is 0 Å². The summed E-state index contributed by atoms with van der Waals surface area (Å²) in [5.74, 6) is -5.04. The Morgan fingerprint density at radius 2 is 1.32 bits per heavy atom. The maximum absolute atomic E-state index is 10.7. The molecule has 19 heavy (non-hydrogen) atoms. The molecule has 0 aliphatic carbocycles. The van der Waals surface area contributed by atoms with E-state index in [1.165, 1.54) is 12.1 Å². The van der Waals surface area contributed by atoms with Crippen molar-refractivity contribution in [1.82, 2.24) is 0 Å². The van der Waals surface area contributed by atoms with Crippen molar-refractivity contribution in [2.45, 2.75) is 32.1 Å². The maximum atomic E-state index is 10.7. The normalized spacial score (nSPS) is 10.3. The van der Waals surface area contributed by atoms with Gasteiger partial charge in [0.05, 0.1) is 17.9 Å². The molecule has 0 atom stereocenters. The Morgan fingerprint density at radius 3 is 1.58 bits per heavy atom. The quantitative estimate of drug-likeness (QED) is 0.407. The van der Waals surface area contributed by atoms with Gasteiger partial charge in [0.2, 0.25) is 0 Å². The molecule has 0 radical (unpaired) electrons. The van der Waals surface area contributed by atoms with Crippen LogP contribution in [-0.4, -0.2) is 11.9 Å². The molecule has 0 heterocycles. The topological polar surface area (TPSA) is 80.3 Å². The third-order valence-electron chi connectivity index (χ3n) is 2.58. The van der Waals surface area contributed by atoms with Gasteiger partial charge in [0.15, 0.2) is 0 Å². The molecule has 0 amide bonds. The van der Waals surface area contributed by atoms with Gasteiger partial charge in [-0.15, -0.1) is 0 Å². The molecule has 0 aromatic heterocycles. The Morgan fingerprint density at radius 1 is 0.947 bits per heavy atom. The minimum atomic E-state index is -1.72. The fourth-order valence-corrected chi connectivity index (χ4v) is 1.54. The summed E-state index contributed by atoms with van der Waals surface area (Å²) in [4.78, 5) is 21.4. The van der Waals surface area contributed by atoms with Gasteiger partial charge in [-0.25, -0.2) is 0 Å². The average molecular weight is 280 g/mol. The van der Waals surface area contributed by atoms with Gasteiger partial charge in [0.25, 0.3) is 0 Å². The van der Waals surface area contributed by atoms with Crippen LogP contribution in [-0.2, 0) is 15.0 Å². The molecule has 0 spiro atoms. The largest absolute Gasteiger partial charge is 1.00 e. The number of carbonyl (C=O) groups is 2. The molecule has 0 N–H and O–H groups in total. The van der Waals surface area contributed by atoms with E-state index in [0.717, 1.165) is 5.56 Å². The van der Waals surface area contributed by atoms with Crippen LogP contribution in [0.5, 0.6) is 0 Å². The van der Waals surface area contributed by atoms with Crippen LogP contribution in [0.25, 0.3) is 0 Å². The first-order chi connectivity index (χ1) is 7.73. The molecule has 0 saturated heterocycles. The Hall–Kier alpha value is 0.160. The monoisotopic (exact) mass is 280 g/mol. The molecule has 0 fully saturated rings. The van der Waals surface area contributed by atoms with Gasteiger partial charge < -0.3 is 19.8 Å². The molecule has 0 unspecified atom stereocenters. The van der Waals surface area contributed by atoms with Gasteiger partial charge in [-0.2, -0.15) is 0 Å². The van der Waals surface area contributed by atoms with Crippen molar-refractivity contribution < 1.29 is 78.9 Å². The van der Waals surface area contributed by atoms with Gasteiger partial charge in [-0.3, -0.25) is 0 Å². The van der Waals surface area contributed by atoms with E-state index in [9.17, 15) is 19.8 Å². The number of aliphatic carboxylic acids is 2. The second kappa shape index (κ2) is 8.45. The van der Waals surface area contributed by atoms with Crippen molar-refractivity contribution >= 4 is 11.9 Å². The molecule has 1 aromatic carbocycles. The zero-order valence-electron chi connectivity index (χ0n) is 12.0. The Balaban J connectivity index is 0. The average Bonchev–Trinajstić information content (AvgIpc) is 2.15. The van der Waals surface area contributed by atoms with Crippen molar-refractivity contribution in [3.8, 4) is 0 Å². The molecule has 0 bridgehead atoms. The molecule has 0 saturated carbocycles. The summed E-state index contributed by atoms with van der Waals surface area (Å²) < 4.78 is 0. The molecular weight excluding hydrogens is 266 g/mol. The van der Waals surface area contributed by atoms with Crippen LogP contribution in [0, 0.1) is 0 Å². The predicted octanol–water partition coefficient (Wildman–Crippen LogP) is -6.42. The number of carboxylic acid groups (broad SMARTS) is 2. The molecule has 92 valence electrons. The molecule has 0 aliphatic heterocycles. The summed E-state index contributed by atoms with van der Waals surface area (Å²) in [5, 5.41) is 21.4. The molecule has 6 heteroatoms. The molecule has 1 rings (SSSR count). The predicted molar refractivity (Wildman–Crippen MR) is 57.9 cm³/mol.